The highest BCUT2D eigenvalue weighted by molar-refractivity contribution is 5.78. The van der Waals surface area contributed by atoms with Gasteiger partial charge in [-0.25, -0.2) is 0 Å². The average Bonchev–Trinajstić information content (AvgIpc) is 2.19. The van der Waals surface area contributed by atoms with E-state index < -0.39 is 0 Å². The summed E-state index contributed by atoms with van der Waals surface area (Å²) in [6.07, 6.45) is 1.17. The molecule has 0 bridgehead atoms. The van der Waals surface area contributed by atoms with Crippen LogP contribution in [0.25, 0.3) is 0 Å². The van der Waals surface area contributed by atoms with E-state index in [0.717, 1.165) is 26.2 Å². The number of likely N-dealkylation sites (N-methyl/N-ethyl adjacent to an activating group) is 1. The van der Waals surface area contributed by atoms with Crippen LogP contribution >= 0.6 is 0 Å². The maximum atomic E-state index is 5.88. The van der Waals surface area contributed by atoms with Crippen LogP contribution in [0.15, 0.2) is 4.99 Å². The Morgan fingerprint density at radius 3 is 2.71 bits per heavy atom. The highest BCUT2D eigenvalue weighted by atomic mass is 15.3. The summed E-state index contributed by atoms with van der Waals surface area (Å²) < 4.78 is 0. The van der Waals surface area contributed by atoms with Gasteiger partial charge in [0, 0.05) is 32.2 Å². The van der Waals surface area contributed by atoms with Gasteiger partial charge in [-0.15, -0.1) is 0 Å². The van der Waals surface area contributed by atoms with Gasteiger partial charge in [-0.3, -0.25) is 9.89 Å². The largest absolute Gasteiger partial charge is 0.370 e. The number of rotatable bonds is 2. The summed E-state index contributed by atoms with van der Waals surface area (Å²) in [6.45, 7) is 8.11. The van der Waals surface area contributed by atoms with E-state index in [1.807, 2.05) is 6.92 Å². The minimum absolute atomic E-state index is 0.620. The second-order valence-electron chi connectivity index (χ2n) is 3.82. The lowest BCUT2D eigenvalue weighted by Crippen LogP contribution is -2.54. The van der Waals surface area contributed by atoms with E-state index in [0.29, 0.717) is 12.0 Å². The van der Waals surface area contributed by atoms with Crippen molar-refractivity contribution in [1.82, 2.24) is 9.80 Å². The van der Waals surface area contributed by atoms with Crippen LogP contribution in [0.4, 0.5) is 0 Å². The second kappa shape index (κ2) is 5.20. The second-order valence-corrected chi connectivity index (χ2v) is 3.82. The molecule has 1 atom stereocenters. The highest BCUT2D eigenvalue weighted by Crippen LogP contribution is 2.09. The Bertz CT molecular complexity index is 202. The molecule has 82 valence electrons. The van der Waals surface area contributed by atoms with Crippen molar-refractivity contribution in [1.29, 1.82) is 0 Å². The quantitative estimate of drug-likeness (QED) is 0.514. The molecule has 0 radical (unpaired) electrons. The molecular weight excluding hydrogens is 176 g/mol. The molecule has 0 spiro atoms. The monoisotopic (exact) mass is 198 g/mol. The van der Waals surface area contributed by atoms with Gasteiger partial charge >= 0.3 is 0 Å². The molecule has 2 N–H and O–H groups in total. The molecule has 4 heteroatoms. The Morgan fingerprint density at radius 1 is 1.43 bits per heavy atom. The van der Waals surface area contributed by atoms with Crippen molar-refractivity contribution in [3.63, 3.8) is 0 Å². The van der Waals surface area contributed by atoms with Crippen LogP contribution < -0.4 is 5.73 Å². The van der Waals surface area contributed by atoms with Gasteiger partial charge in [-0.1, -0.05) is 6.92 Å². The number of hydrogen-bond acceptors (Lipinski definition) is 2. The minimum Gasteiger partial charge on any atom is -0.370 e. The van der Waals surface area contributed by atoms with Gasteiger partial charge in [0.25, 0.3) is 0 Å². The van der Waals surface area contributed by atoms with Crippen LogP contribution in [-0.4, -0.2) is 55.0 Å². The number of nitrogens with zero attached hydrogens (tertiary/aromatic N) is 3. The normalized spacial score (nSPS) is 25.5. The molecule has 14 heavy (non-hydrogen) atoms. The van der Waals surface area contributed by atoms with Gasteiger partial charge in [-0.2, -0.15) is 0 Å². The summed E-state index contributed by atoms with van der Waals surface area (Å²) in [7, 11) is 2.18. The van der Waals surface area contributed by atoms with Gasteiger partial charge in [0.2, 0.25) is 0 Å². The Morgan fingerprint density at radius 2 is 2.14 bits per heavy atom. The number of guanidine groups is 1. The fourth-order valence-corrected chi connectivity index (χ4v) is 1.86. The van der Waals surface area contributed by atoms with Crippen LogP contribution in [0.3, 0.4) is 0 Å². The van der Waals surface area contributed by atoms with Crippen molar-refractivity contribution in [3.8, 4) is 0 Å². The molecule has 1 aliphatic heterocycles. The molecule has 0 aliphatic carbocycles. The van der Waals surface area contributed by atoms with Gasteiger partial charge < -0.3 is 10.6 Å². The summed E-state index contributed by atoms with van der Waals surface area (Å²) >= 11 is 0. The zero-order valence-electron chi connectivity index (χ0n) is 9.53. The van der Waals surface area contributed by atoms with Crippen molar-refractivity contribution in [2.75, 3.05) is 33.2 Å². The molecular formula is C10H22N4. The Balaban J connectivity index is 2.54. The molecule has 1 fully saturated rings. The number of piperazine rings is 1. The van der Waals surface area contributed by atoms with Crippen molar-refractivity contribution < 1.29 is 0 Å². The van der Waals surface area contributed by atoms with E-state index in [4.69, 9.17) is 5.73 Å². The molecule has 0 saturated carbocycles. The van der Waals surface area contributed by atoms with E-state index in [9.17, 15) is 0 Å². The lowest BCUT2D eigenvalue weighted by atomic mass is 10.1. The number of aliphatic imine (C=N–C) groups is 1. The predicted molar refractivity (Wildman–Crippen MR) is 60.4 cm³/mol. The minimum atomic E-state index is 0.620. The van der Waals surface area contributed by atoms with Crippen LogP contribution in [0.5, 0.6) is 0 Å². The molecule has 1 saturated heterocycles. The van der Waals surface area contributed by atoms with E-state index in [-0.39, 0.29) is 0 Å². The molecule has 1 rings (SSSR count). The Kier molecular flexibility index (Phi) is 4.20. The Labute approximate surface area is 86.8 Å². The number of nitrogens with two attached hydrogens (primary N) is 1. The first-order valence-corrected chi connectivity index (χ1v) is 5.44. The summed E-state index contributed by atoms with van der Waals surface area (Å²) in [4.78, 5) is 8.83. The van der Waals surface area contributed by atoms with Crippen molar-refractivity contribution in [3.05, 3.63) is 0 Å². The molecule has 0 amide bonds. The van der Waals surface area contributed by atoms with Crippen molar-refractivity contribution >= 4 is 5.96 Å². The van der Waals surface area contributed by atoms with E-state index in [1.54, 1.807) is 0 Å². The molecule has 1 heterocycles. The van der Waals surface area contributed by atoms with Gasteiger partial charge in [0.15, 0.2) is 5.96 Å². The third kappa shape index (κ3) is 2.61. The predicted octanol–water partition coefficient (Wildman–Crippen LogP) is 0.347. The van der Waals surface area contributed by atoms with E-state index >= 15 is 0 Å². The molecule has 4 nitrogen and oxygen atoms in total. The fraction of sp³-hybridized carbons (Fsp3) is 0.900. The van der Waals surface area contributed by atoms with Crippen LogP contribution in [0, 0.1) is 0 Å². The first kappa shape index (κ1) is 11.3. The number of hydrogen-bond donors (Lipinski definition) is 1. The van der Waals surface area contributed by atoms with Crippen molar-refractivity contribution in [2.45, 2.75) is 26.3 Å². The lowest BCUT2D eigenvalue weighted by Gasteiger charge is -2.39. The maximum absolute atomic E-state index is 5.88. The molecule has 1 aliphatic rings. The van der Waals surface area contributed by atoms with Crippen molar-refractivity contribution in [2.24, 2.45) is 10.7 Å². The van der Waals surface area contributed by atoms with Gasteiger partial charge in [0.05, 0.1) is 0 Å². The lowest BCUT2D eigenvalue weighted by molar-refractivity contribution is 0.136. The smallest absolute Gasteiger partial charge is 0.191 e. The van der Waals surface area contributed by atoms with Crippen LogP contribution in [-0.2, 0) is 0 Å². The standard InChI is InChI=1S/C10H22N4/c1-4-9-8-14(7-6-13(9)3)10(11)12-5-2/h9H,4-8H2,1-3H3,(H2,11,12). The third-order valence-electron chi connectivity index (χ3n) is 2.89. The van der Waals surface area contributed by atoms with E-state index in [1.165, 1.54) is 6.42 Å². The molecule has 0 aromatic rings. The topological polar surface area (TPSA) is 44.9 Å². The SMILES string of the molecule is CCN=C(N)N1CCN(C)C(CC)C1. The molecule has 0 aromatic carbocycles. The first-order chi connectivity index (χ1) is 6.69. The fourth-order valence-electron chi connectivity index (χ4n) is 1.86. The van der Waals surface area contributed by atoms with Crippen LogP contribution in [0.2, 0.25) is 0 Å². The van der Waals surface area contributed by atoms with E-state index in [2.05, 4.69) is 28.8 Å². The zero-order chi connectivity index (χ0) is 10.6. The molecule has 1 unspecified atom stereocenters. The summed E-state index contributed by atoms with van der Waals surface area (Å²) in [5, 5.41) is 0. The molecule has 0 aromatic heterocycles. The third-order valence-corrected chi connectivity index (χ3v) is 2.89. The Hall–Kier alpha value is -0.770. The highest BCUT2D eigenvalue weighted by Gasteiger charge is 2.23. The summed E-state index contributed by atoms with van der Waals surface area (Å²) in [5.41, 5.74) is 5.88. The van der Waals surface area contributed by atoms with Gasteiger partial charge in [-0.05, 0) is 20.4 Å². The summed E-state index contributed by atoms with van der Waals surface area (Å²) in [5.74, 6) is 0.707. The first-order valence-electron chi connectivity index (χ1n) is 5.44. The summed E-state index contributed by atoms with van der Waals surface area (Å²) in [6, 6.07) is 0.620. The maximum Gasteiger partial charge on any atom is 0.191 e. The zero-order valence-corrected chi connectivity index (χ0v) is 9.53. The van der Waals surface area contributed by atoms with Crippen LogP contribution in [0.1, 0.15) is 20.3 Å². The average molecular weight is 198 g/mol. The van der Waals surface area contributed by atoms with Gasteiger partial charge in [0.1, 0.15) is 0 Å².